The lowest BCUT2D eigenvalue weighted by Gasteiger charge is -2.40. The van der Waals surface area contributed by atoms with Gasteiger partial charge in [-0.15, -0.1) is 0 Å². The smallest absolute Gasteiger partial charge is 0.0304 e. The number of hydrogen-bond donors (Lipinski definition) is 1. The summed E-state index contributed by atoms with van der Waals surface area (Å²) in [4.78, 5) is 2.72. The molecule has 1 saturated heterocycles. The second kappa shape index (κ2) is 5.13. The molecule has 1 saturated carbocycles. The van der Waals surface area contributed by atoms with Crippen LogP contribution >= 0.6 is 0 Å². The summed E-state index contributed by atoms with van der Waals surface area (Å²) in [7, 11) is 0. The first kappa shape index (κ1) is 14.3. The van der Waals surface area contributed by atoms with Gasteiger partial charge in [-0.25, -0.2) is 0 Å². The fourth-order valence-corrected chi connectivity index (χ4v) is 3.71. The lowest BCUT2D eigenvalue weighted by molar-refractivity contribution is 0.106. The highest BCUT2D eigenvalue weighted by Gasteiger charge is 2.42. The van der Waals surface area contributed by atoms with Crippen LogP contribution in [0.15, 0.2) is 0 Å². The zero-order valence-electron chi connectivity index (χ0n) is 12.8. The van der Waals surface area contributed by atoms with Crippen molar-refractivity contribution in [3.05, 3.63) is 0 Å². The molecule has 2 rings (SSSR count). The molecule has 0 aromatic heterocycles. The maximum Gasteiger partial charge on any atom is 0.0304 e. The molecular weight excluding hydrogens is 220 g/mol. The molecule has 2 aliphatic rings. The van der Waals surface area contributed by atoms with Gasteiger partial charge in [0.05, 0.1) is 0 Å². The van der Waals surface area contributed by atoms with Crippen LogP contribution in [0, 0.1) is 17.3 Å². The van der Waals surface area contributed by atoms with Gasteiger partial charge in [0.2, 0.25) is 0 Å². The third-order valence-corrected chi connectivity index (χ3v) is 5.34. The van der Waals surface area contributed by atoms with Gasteiger partial charge in [-0.05, 0) is 49.9 Å². The van der Waals surface area contributed by atoms with Crippen molar-refractivity contribution in [1.29, 1.82) is 0 Å². The van der Waals surface area contributed by atoms with Gasteiger partial charge >= 0.3 is 0 Å². The van der Waals surface area contributed by atoms with Crippen molar-refractivity contribution in [2.75, 3.05) is 19.6 Å². The molecule has 18 heavy (non-hydrogen) atoms. The summed E-state index contributed by atoms with van der Waals surface area (Å²) in [6.45, 7) is 12.8. The van der Waals surface area contributed by atoms with Gasteiger partial charge in [0.25, 0.3) is 0 Å². The average molecular weight is 252 g/mol. The fourth-order valence-electron chi connectivity index (χ4n) is 3.71. The summed E-state index contributed by atoms with van der Waals surface area (Å²) in [5.41, 5.74) is 6.78. The predicted octanol–water partition coefficient (Wildman–Crippen LogP) is 3.26. The van der Waals surface area contributed by atoms with Crippen LogP contribution in [-0.2, 0) is 0 Å². The van der Waals surface area contributed by atoms with E-state index in [0.717, 1.165) is 18.4 Å². The number of rotatable bonds is 4. The molecule has 3 unspecified atom stereocenters. The third kappa shape index (κ3) is 3.08. The molecule has 2 nitrogen and oxygen atoms in total. The molecule has 2 N–H and O–H groups in total. The van der Waals surface area contributed by atoms with Gasteiger partial charge in [0, 0.05) is 25.2 Å². The first-order valence-corrected chi connectivity index (χ1v) is 7.79. The van der Waals surface area contributed by atoms with Gasteiger partial charge in [-0.3, -0.25) is 4.90 Å². The van der Waals surface area contributed by atoms with Crippen LogP contribution in [0.5, 0.6) is 0 Å². The zero-order valence-corrected chi connectivity index (χ0v) is 12.8. The van der Waals surface area contributed by atoms with Crippen molar-refractivity contribution in [2.45, 2.75) is 65.3 Å². The SMILES string of the molecule is CC(C)(C)CCC(C)(CN)N1CC2CCCC2C1. The minimum Gasteiger partial charge on any atom is -0.329 e. The van der Waals surface area contributed by atoms with E-state index >= 15 is 0 Å². The summed E-state index contributed by atoms with van der Waals surface area (Å²) in [5.74, 6) is 1.95. The van der Waals surface area contributed by atoms with Crippen LogP contribution in [-0.4, -0.2) is 30.1 Å². The van der Waals surface area contributed by atoms with Gasteiger partial charge in [-0.2, -0.15) is 0 Å². The molecule has 1 aliphatic carbocycles. The molecule has 0 amide bonds. The van der Waals surface area contributed by atoms with Gasteiger partial charge in [-0.1, -0.05) is 27.2 Å². The van der Waals surface area contributed by atoms with Crippen LogP contribution < -0.4 is 5.73 Å². The molecule has 0 aromatic rings. The van der Waals surface area contributed by atoms with Crippen LogP contribution in [0.4, 0.5) is 0 Å². The number of nitrogens with zero attached hydrogens (tertiary/aromatic N) is 1. The molecule has 0 aromatic carbocycles. The predicted molar refractivity (Wildman–Crippen MR) is 78.6 cm³/mol. The molecule has 2 heteroatoms. The summed E-state index contributed by atoms with van der Waals surface area (Å²) in [6.07, 6.45) is 6.89. The second-order valence-corrected chi connectivity index (χ2v) is 8.12. The topological polar surface area (TPSA) is 29.3 Å². The van der Waals surface area contributed by atoms with Crippen molar-refractivity contribution in [1.82, 2.24) is 4.90 Å². The Morgan fingerprint density at radius 1 is 1.00 bits per heavy atom. The standard InChI is InChI=1S/C16H32N2/c1-15(2,3)8-9-16(4,12-17)18-10-13-6-5-7-14(13)11-18/h13-14H,5-12,17H2,1-4H3. The Hall–Kier alpha value is -0.0800. The largest absolute Gasteiger partial charge is 0.329 e. The first-order chi connectivity index (χ1) is 8.34. The Kier molecular flexibility index (Phi) is 4.08. The Labute approximate surface area is 113 Å². The van der Waals surface area contributed by atoms with Crippen molar-refractivity contribution < 1.29 is 0 Å². The van der Waals surface area contributed by atoms with Crippen LogP contribution in [0.2, 0.25) is 0 Å². The van der Waals surface area contributed by atoms with E-state index in [1.54, 1.807) is 0 Å². The average Bonchev–Trinajstić information content (AvgIpc) is 2.85. The van der Waals surface area contributed by atoms with Gasteiger partial charge < -0.3 is 5.73 Å². The van der Waals surface area contributed by atoms with E-state index < -0.39 is 0 Å². The van der Waals surface area contributed by atoms with E-state index in [4.69, 9.17) is 5.73 Å². The second-order valence-electron chi connectivity index (χ2n) is 8.12. The van der Waals surface area contributed by atoms with Crippen molar-refractivity contribution in [2.24, 2.45) is 23.0 Å². The summed E-state index contributed by atoms with van der Waals surface area (Å²) in [5, 5.41) is 0. The van der Waals surface area contributed by atoms with Crippen molar-refractivity contribution in [3.63, 3.8) is 0 Å². The van der Waals surface area contributed by atoms with E-state index in [9.17, 15) is 0 Å². The molecule has 0 spiro atoms. The Morgan fingerprint density at radius 2 is 1.56 bits per heavy atom. The highest BCUT2D eigenvalue weighted by molar-refractivity contribution is 4.97. The Balaban J connectivity index is 1.95. The molecule has 0 bridgehead atoms. The van der Waals surface area contributed by atoms with E-state index in [-0.39, 0.29) is 5.54 Å². The van der Waals surface area contributed by atoms with E-state index in [2.05, 4.69) is 32.6 Å². The van der Waals surface area contributed by atoms with E-state index in [1.165, 1.54) is 45.2 Å². The lowest BCUT2D eigenvalue weighted by Crippen LogP contribution is -2.51. The Morgan fingerprint density at radius 3 is 2.00 bits per heavy atom. The highest BCUT2D eigenvalue weighted by atomic mass is 15.2. The molecule has 1 aliphatic heterocycles. The minimum atomic E-state index is 0.234. The first-order valence-electron chi connectivity index (χ1n) is 7.79. The highest BCUT2D eigenvalue weighted by Crippen LogP contribution is 2.41. The maximum absolute atomic E-state index is 6.12. The van der Waals surface area contributed by atoms with Crippen LogP contribution in [0.1, 0.15) is 59.8 Å². The molecule has 0 radical (unpaired) electrons. The van der Waals surface area contributed by atoms with Crippen LogP contribution in [0.3, 0.4) is 0 Å². The van der Waals surface area contributed by atoms with Crippen molar-refractivity contribution in [3.8, 4) is 0 Å². The van der Waals surface area contributed by atoms with Gasteiger partial charge in [0.1, 0.15) is 0 Å². The summed E-state index contributed by atoms with van der Waals surface area (Å²) >= 11 is 0. The Bertz CT molecular complexity index is 269. The normalized spacial score (nSPS) is 32.5. The third-order valence-electron chi connectivity index (χ3n) is 5.34. The van der Waals surface area contributed by atoms with Crippen molar-refractivity contribution >= 4 is 0 Å². The quantitative estimate of drug-likeness (QED) is 0.832. The number of hydrogen-bond acceptors (Lipinski definition) is 2. The van der Waals surface area contributed by atoms with Gasteiger partial charge in [0.15, 0.2) is 0 Å². The monoisotopic (exact) mass is 252 g/mol. The maximum atomic E-state index is 6.12. The molecule has 106 valence electrons. The van der Waals surface area contributed by atoms with E-state index in [1.807, 2.05) is 0 Å². The fraction of sp³-hybridized carbons (Fsp3) is 1.00. The molecule has 3 atom stereocenters. The number of fused-ring (bicyclic) bond motifs is 1. The minimum absolute atomic E-state index is 0.234. The summed E-state index contributed by atoms with van der Waals surface area (Å²) < 4.78 is 0. The molecule has 1 heterocycles. The van der Waals surface area contributed by atoms with Crippen LogP contribution in [0.25, 0.3) is 0 Å². The number of likely N-dealkylation sites (tertiary alicyclic amines) is 1. The summed E-state index contributed by atoms with van der Waals surface area (Å²) in [6, 6.07) is 0. The molecule has 2 fully saturated rings. The zero-order chi connectivity index (χ0) is 13.4. The molecular formula is C16H32N2. The van der Waals surface area contributed by atoms with E-state index in [0.29, 0.717) is 5.41 Å². The number of nitrogens with two attached hydrogens (primary N) is 1. The lowest BCUT2D eigenvalue weighted by atomic mass is 9.83.